The summed E-state index contributed by atoms with van der Waals surface area (Å²) < 4.78 is 5.38. The first-order valence-electron chi connectivity index (χ1n) is 7.40. The van der Waals surface area contributed by atoms with Crippen LogP contribution in [-0.4, -0.2) is 25.5 Å². The van der Waals surface area contributed by atoms with Gasteiger partial charge in [0.05, 0.1) is 18.4 Å². The van der Waals surface area contributed by atoms with Crippen LogP contribution in [0.25, 0.3) is 0 Å². The van der Waals surface area contributed by atoms with E-state index in [0.717, 1.165) is 12.2 Å². The third-order valence-electron chi connectivity index (χ3n) is 4.48. The molecule has 0 spiro atoms. The van der Waals surface area contributed by atoms with Crippen LogP contribution in [0, 0.1) is 11.8 Å². The molecular formula is C17H25NO2. The van der Waals surface area contributed by atoms with E-state index in [1.807, 2.05) is 18.2 Å². The van der Waals surface area contributed by atoms with Gasteiger partial charge in [0.15, 0.2) is 5.78 Å². The number of piperidine rings is 1. The van der Waals surface area contributed by atoms with E-state index >= 15 is 0 Å². The highest BCUT2D eigenvalue weighted by atomic mass is 16.5. The number of hydrogen-bond acceptors (Lipinski definition) is 3. The van der Waals surface area contributed by atoms with Gasteiger partial charge < -0.3 is 9.64 Å². The zero-order valence-electron chi connectivity index (χ0n) is 13.1. The van der Waals surface area contributed by atoms with Crippen LogP contribution in [-0.2, 0) is 0 Å². The smallest absolute Gasteiger partial charge is 0.165 e. The first kappa shape index (κ1) is 14.9. The summed E-state index contributed by atoms with van der Waals surface area (Å²) in [6.45, 7) is 9.44. The molecule has 3 heteroatoms. The Bertz CT molecular complexity index is 498. The zero-order chi connectivity index (χ0) is 14.9. The van der Waals surface area contributed by atoms with Gasteiger partial charge in [-0.2, -0.15) is 0 Å². The van der Waals surface area contributed by atoms with Crippen molar-refractivity contribution in [2.24, 2.45) is 11.8 Å². The number of nitrogens with zero attached hydrogens (tertiary/aromatic N) is 1. The number of hydrogen-bond donors (Lipinski definition) is 0. The molecule has 1 saturated heterocycles. The summed E-state index contributed by atoms with van der Waals surface area (Å²) in [6.07, 6.45) is 1.25. The SMILES string of the molecule is COc1cccc(N2CC(C)CC(C)C2C)c1C(C)=O. The van der Waals surface area contributed by atoms with E-state index in [0.29, 0.717) is 29.2 Å². The standard InChI is InChI=1S/C17H25NO2/c1-11-9-12(2)13(3)18(10-11)15-7-6-8-16(20-5)17(15)14(4)19/h6-8,11-13H,9-10H2,1-5H3. The normalized spacial score (nSPS) is 26.4. The molecule has 0 N–H and O–H groups in total. The Morgan fingerprint density at radius 2 is 2.00 bits per heavy atom. The van der Waals surface area contributed by atoms with Crippen molar-refractivity contribution in [2.45, 2.75) is 40.2 Å². The largest absolute Gasteiger partial charge is 0.496 e. The van der Waals surface area contributed by atoms with Gasteiger partial charge in [-0.15, -0.1) is 0 Å². The van der Waals surface area contributed by atoms with Gasteiger partial charge in [0.2, 0.25) is 0 Å². The summed E-state index contributed by atoms with van der Waals surface area (Å²) >= 11 is 0. The molecule has 0 saturated carbocycles. The van der Waals surface area contributed by atoms with Gasteiger partial charge in [-0.25, -0.2) is 0 Å². The summed E-state index contributed by atoms with van der Waals surface area (Å²) in [4.78, 5) is 14.4. The van der Waals surface area contributed by atoms with Crippen molar-refractivity contribution in [1.29, 1.82) is 0 Å². The average molecular weight is 275 g/mol. The molecule has 3 unspecified atom stereocenters. The van der Waals surface area contributed by atoms with Crippen molar-refractivity contribution in [3.63, 3.8) is 0 Å². The summed E-state index contributed by atoms with van der Waals surface area (Å²) in [5.41, 5.74) is 1.73. The van der Waals surface area contributed by atoms with Crippen molar-refractivity contribution < 1.29 is 9.53 Å². The second kappa shape index (κ2) is 5.86. The fourth-order valence-electron chi connectivity index (χ4n) is 3.32. The maximum absolute atomic E-state index is 12.1. The van der Waals surface area contributed by atoms with Crippen LogP contribution in [0.5, 0.6) is 5.75 Å². The van der Waals surface area contributed by atoms with E-state index < -0.39 is 0 Å². The molecule has 1 aromatic carbocycles. The molecule has 110 valence electrons. The van der Waals surface area contributed by atoms with Crippen LogP contribution in [0.4, 0.5) is 5.69 Å². The molecule has 1 aliphatic heterocycles. The molecule has 20 heavy (non-hydrogen) atoms. The Balaban J connectivity index is 2.48. The number of anilines is 1. The van der Waals surface area contributed by atoms with Crippen molar-refractivity contribution in [3.8, 4) is 5.75 Å². The lowest BCUT2D eigenvalue weighted by Crippen LogP contribution is -2.46. The Labute approximate surface area is 121 Å². The van der Waals surface area contributed by atoms with Gasteiger partial charge in [0.25, 0.3) is 0 Å². The topological polar surface area (TPSA) is 29.5 Å². The van der Waals surface area contributed by atoms with Gasteiger partial charge in [-0.05, 0) is 44.2 Å². The fraction of sp³-hybridized carbons (Fsp3) is 0.588. The summed E-state index contributed by atoms with van der Waals surface area (Å²) in [5, 5.41) is 0. The van der Waals surface area contributed by atoms with Crippen LogP contribution in [0.1, 0.15) is 44.5 Å². The number of Topliss-reactive ketones (excluding diaryl/α,β-unsaturated/α-hetero) is 1. The molecule has 0 aromatic heterocycles. The minimum atomic E-state index is 0.0653. The highest BCUT2D eigenvalue weighted by Gasteiger charge is 2.31. The lowest BCUT2D eigenvalue weighted by atomic mass is 9.85. The first-order valence-corrected chi connectivity index (χ1v) is 7.40. The predicted molar refractivity (Wildman–Crippen MR) is 82.8 cm³/mol. The third-order valence-corrected chi connectivity index (χ3v) is 4.48. The molecule has 0 radical (unpaired) electrons. The van der Waals surface area contributed by atoms with Crippen LogP contribution in [0.15, 0.2) is 18.2 Å². The first-order chi connectivity index (χ1) is 9.45. The number of rotatable bonds is 3. The van der Waals surface area contributed by atoms with Crippen molar-refractivity contribution in [2.75, 3.05) is 18.6 Å². The van der Waals surface area contributed by atoms with E-state index in [-0.39, 0.29) is 5.78 Å². The molecule has 1 aliphatic rings. The highest BCUT2D eigenvalue weighted by Crippen LogP contribution is 2.36. The Morgan fingerprint density at radius 3 is 2.60 bits per heavy atom. The van der Waals surface area contributed by atoms with E-state index in [9.17, 15) is 4.79 Å². The van der Waals surface area contributed by atoms with Gasteiger partial charge in [-0.3, -0.25) is 4.79 Å². The number of benzene rings is 1. The van der Waals surface area contributed by atoms with Crippen molar-refractivity contribution in [3.05, 3.63) is 23.8 Å². The lowest BCUT2D eigenvalue weighted by molar-refractivity contribution is 0.101. The molecule has 2 rings (SSSR count). The minimum Gasteiger partial charge on any atom is -0.496 e. The summed E-state index contributed by atoms with van der Waals surface area (Å²) in [5.74, 6) is 2.01. The van der Waals surface area contributed by atoms with Gasteiger partial charge >= 0.3 is 0 Å². The molecule has 0 aliphatic carbocycles. The van der Waals surface area contributed by atoms with Crippen LogP contribution >= 0.6 is 0 Å². The number of ketones is 1. The van der Waals surface area contributed by atoms with Gasteiger partial charge in [0.1, 0.15) is 5.75 Å². The van der Waals surface area contributed by atoms with Gasteiger partial charge in [-0.1, -0.05) is 19.9 Å². The second-order valence-electron chi connectivity index (χ2n) is 6.12. The molecule has 3 atom stereocenters. The highest BCUT2D eigenvalue weighted by molar-refractivity contribution is 6.02. The Hall–Kier alpha value is -1.51. The molecular weight excluding hydrogens is 250 g/mol. The van der Waals surface area contributed by atoms with Crippen LogP contribution in [0.2, 0.25) is 0 Å². The molecule has 3 nitrogen and oxygen atoms in total. The Kier molecular flexibility index (Phi) is 4.36. The van der Waals surface area contributed by atoms with Crippen molar-refractivity contribution >= 4 is 11.5 Å². The molecule has 1 heterocycles. The third kappa shape index (κ3) is 2.67. The molecule has 0 bridgehead atoms. The van der Waals surface area contributed by atoms with Crippen LogP contribution in [0.3, 0.4) is 0 Å². The van der Waals surface area contributed by atoms with E-state index in [1.165, 1.54) is 6.42 Å². The lowest BCUT2D eigenvalue weighted by Gasteiger charge is -2.43. The summed E-state index contributed by atoms with van der Waals surface area (Å²) in [7, 11) is 1.62. The van der Waals surface area contributed by atoms with Crippen LogP contribution < -0.4 is 9.64 Å². The monoisotopic (exact) mass is 275 g/mol. The molecule has 1 aromatic rings. The van der Waals surface area contributed by atoms with Gasteiger partial charge in [0, 0.05) is 12.6 Å². The molecule has 1 fully saturated rings. The quantitative estimate of drug-likeness (QED) is 0.786. The zero-order valence-corrected chi connectivity index (χ0v) is 13.1. The fourth-order valence-corrected chi connectivity index (χ4v) is 3.32. The van der Waals surface area contributed by atoms with E-state index in [4.69, 9.17) is 4.74 Å². The number of ether oxygens (including phenoxy) is 1. The van der Waals surface area contributed by atoms with E-state index in [2.05, 4.69) is 25.7 Å². The number of methoxy groups -OCH3 is 1. The minimum absolute atomic E-state index is 0.0653. The Morgan fingerprint density at radius 1 is 1.30 bits per heavy atom. The maximum Gasteiger partial charge on any atom is 0.165 e. The van der Waals surface area contributed by atoms with Crippen molar-refractivity contribution in [1.82, 2.24) is 0 Å². The number of carbonyl (C=O) groups is 1. The molecule has 0 amide bonds. The maximum atomic E-state index is 12.1. The second-order valence-corrected chi connectivity index (χ2v) is 6.12. The number of carbonyl (C=O) groups excluding carboxylic acids is 1. The predicted octanol–water partition coefficient (Wildman–Crippen LogP) is 3.77. The summed E-state index contributed by atoms with van der Waals surface area (Å²) in [6, 6.07) is 6.32. The van der Waals surface area contributed by atoms with E-state index in [1.54, 1.807) is 14.0 Å². The average Bonchev–Trinajstić information content (AvgIpc) is 2.41.